The second-order valence-corrected chi connectivity index (χ2v) is 8.20. The molecule has 1 unspecified atom stereocenters. The van der Waals surface area contributed by atoms with Crippen LogP contribution in [-0.2, 0) is 9.59 Å². The van der Waals surface area contributed by atoms with E-state index >= 15 is 0 Å². The second-order valence-electron chi connectivity index (χ2n) is 8.20. The monoisotopic (exact) mass is 425 g/mol. The predicted molar refractivity (Wildman–Crippen MR) is 116 cm³/mol. The third-order valence-corrected chi connectivity index (χ3v) is 5.69. The Morgan fingerprint density at radius 3 is 2.68 bits per heavy atom. The van der Waals surface area contributed by atoms with Gasteiger partial charge < -0.3 is 29.0 Å². The van der Waals surface area contributed by atoms with Crippen LogP contribution in [0.1, 0.15) is 23.1 Å². The first kappa shape index (κ1) is 21.0. The highest BCUT2D eigenvalue weighted by Gasteiger charge is 2.47. The zero-order chi connectivity index (χ0) is 22.3. The van der Waals surface area contributed by atoms with Gasteiger partial charge in [-0.25, -0.2) is 0 Å². The summed E-state index contributed by atoms with van der Waals surface area (Å²) in [5.74, 6) is 0.274. The van der Waals surface area contributed by atoms with Crippen molar-refractivity contribution < 1.29 is 23.8 Å². The van der Waals surface area contributed by atoms with E-state index in [1.165, 1.54) is 4.90 Å². The van der Waals surface area contributed by atoms with Crippen LogP contribution in [0.5, 0.6) is 5.75 Å². The van der Waals surface area contributed by atoms with Crippen LogP contribution in [0.3, 0.4) is 0 Å². The zero-order valence-electron chi connectivity index (χ0n) is 18.2. The summed E-state index contributed by atoms with van der Waals surface area (Å²) in [5.41, 5.74) is 1.31. The molecule has 2 aliphatic rings. The molecule has 0 radical (unpaired) electrons. The van der Waals surface area contributed by atoms with Crippen LogP contribution >= 0.6 is 0 Å². The molecule has 2 aliphatic heterocycles. The number of carbonyl (C=O) groups is 2. The lowest BCUT2D eigenvalue weighted by Gasteiger charge is -2.28. The lowest BCUT2D eigenvalue weighted by Crippen LogP contribution is -2.35. The molecule has 164 valence electrons. The van der Waals surface area contributed by atoms with Crippen molar-refractivity contribution in [3.8, 4) is 5.75 Å². The van der Waals surface area contributed by atoms with Gasteiger partial charge in [-0.2, -0.15) is 0 Å². The number of likely N-dealkylation sites (N-methyl/N-ethyl adjacent to an activating group) is 2. The first-order valence-corrected chi connectivity index (χ1v) is 10.3. The molecule has 1 saturated heterocycles. The van der Waals surface area contributed by atoms with E-state index in [0.29, 0.717) is 36.8 Å². The Kier molecular flexibility index (Phi) is 5.49. The average Bonchev–Trinajstić information content (AvgIpc) is 3.27. The van der Waals surface area contributed by atoms with Gasteiger partial charge in [0.25, 0.3) is 11.7 Å². The van der Waals surface area contributed by atoms with Crippen molar-refractivity contribution in [1.29, 1.82) is 0 Å². The molecule has 8 nitrogen and oxygen atoms in total. The molecule has 0 bridgehead atoms. The normalized spacial score (nSPS) is 20.4. The van der Waals surface area contributed by atoms with Crippen molar-refractivity contribution in [2.75, 3.05) is 52.3 Å². The summed E-state index contributed by atoms with van der Waals surface area (Å²) in [5, 5.41) is 11.2. The maximum Gasteiger partial charge on any atom is 0.295 e. The first-order valence-electron chi connectivity index (χ1n) is 10.3. The standard InChI is InChI=1S/C23H27N3O5/c1-14-5-7-18(31-14)20-19(22(28)23(29)26(20)10-9-24(2)3)21(27)15-6-8-17-16(13-15)25(4)11-12-30-17/h5-8,13,20,27H,9-12H2,1-4H3/b21-19-. The SMILES string of the molecule is Cc1ccc(C2/C(=C(/O)c3ccc4c(c3)N(C)CCO4)C(=O)C(=O)N2CCN(C)C)o1. The van der Waals surface area contributed by atoms with E-state index in [2.05, 4.69) is 0 Å². The van der Waals surface area contributed by atoms with Crippen molar-refractivity contribution in [3.05, 3.63) is 53.0 Å². The molecular weight excluding hydrogens is 398 g/mol. The van der Waals surface area contributed by atoms with Crippen molar-refractivity contribution in [3.63, 3.8) is 0 Å². The van der Waals surface area contributed by atoms with Gasteiger partial charge in [0.1, 0.15) is 35.7 Å². The van der Waals surface area contributed by atoms with Crippen molar-refractivity contribution in [2.24, 2.45) is 0 Å². The van der Waals surface area contributed by atoms with Crippen LogP contribution in [0.25, 0.3) is 5.76 Å². The predicted octanol–water partition coefficient (Wildman–Crippen LogP) is 2.40. The largest absolute Gasteiger partial charge is 0.507 e. The van der Waals surface area contributed by atoms with Crippen molar-refractivity contribution >= 4 is 23.1 Å². The van der Waals surface area contributed by atoms with Gasteiger partial charge in [-0.15, -0.1) is 0 Å². The number of ketones is 1. The van der Waals surface area contributed by atoms with Crippen LogP contribution in [0.4, 0.5) is 5.69 Å². The number of hydrogen-bond acceptors (Lipinski definition) is 7. The highest BCUT2D eigenvalue weighted by atomic mass is 16.5. The summed E-state index contributed by atoms with van der Waals surface area (Å²) in [6, 6.07) is 8.00. The Bertz CT molecular complexity index is 1060. The highest BCUT2D eigenvalue weighted by molar-refractivity contribution is 6.46. The fraction of sp³-hybridized carbons (Fsp3) is 0.391. The quantitative estimate of drug-likeness (QED) is 0.447. The molecule has 2 aromatic rings. The molecule has 0 aliphatic carbocycles. The number of benzene rings is 1. The van der Waals surface area contributed by atoms with Crippen molar-refractivity contribution in [1.82, 2.24) is 9.80 Å². The molecule has 1 N–H and O–H groups in total. The highest BCUT2D eigenvalue weighted by Crippen LogP contribution is 2.41. The molecule has 4 rings (SSSR count). The van der Waals surface area contributed by atoms with Crippen LogP contribution in [0, 0.1) is 6.92 Å². The number of aliphatic hydroxyl groups is 1. The average molecular weight is 425 g/mol. The molecular formula is C23H27N3O5. The lowest BCUT2D eigenvalue weighted by atomic mass is 9.98. The molecule has 1 fully saturated rings. The number of anilines is 1. The van der Waals surface area contributed by atoms with Crippen LogP contribution in [-0.4, -0.2) is 74.0 Å². The minimum absolute atomic E-state index is 0.0393. The molecule has 31 heavy (non-hydrogen) atoms. The number of carbonyl (C=O) groups excluding carboxylic acids is 2. The number of amides is 1. The van der Waals surface area contributed by atoms with E-state index in [-0.39, 0.29) is 11.3 Å². The fourth-order valence-electron chi connectivity index (χ4n) is 3.97. The Morgan fingerprint density at radius 2 is 2.00 bits per heavy atom. The summed E-state index contributed by atoms with van der Waals surface area (Å²) in [6.45, 7) is 4.01. The van der Waals surface area contributed by atoms with E-state index in [0.717, 1.165) is 18.0 Å². The Labute approximate surface area is 181 Å². The number of aryl methyl sites for hydroxylation is 1. The molecule has 0 spiro atoms. The summed E-state index contributed by atoms with van der Waals surface area (Å²) in [7, 11) is 5.74. The maximum atomic E-state index is 13.0. The summed E-state index contributed by atoms with van der Waals surface area (Å²) in [6.07, 6.45) is 0. The number of Topliss-reactive ketones (excluding diaryl/α,β-unsaturated/α-hetero) is 1. The van der Waals surface area contributed by atoms with Crippen LogP contribution in [0.15, 0.2) is 40.3 Å². The molecule has 1 amide bonds. The number of ether oxygens (including phenoxy) is 1. The zero-order valence-corrected chi connectivity index (χ0v) is 18.2. The van der Waals surface area contributed by atoms with E-state index in [4.69, 9.17) is 9.15 Å². The van der Waals surface area contributed by atoms with E-state index in [9.17, 15) is 14.7 Å². The van der Waals surface area contributed by atoms with Crippen LogP contribution in [0.2, 0.25) is 0 Å². The molecule has 0 saturated carbocycles. The number of fused-ring (bicyclic) bond motifs is 1. The summed E-state index contributed by atoms with van der Waals surface area (Å²) in [4.78, 5) is 31.3. The van der Waals surface area contributed by atoms with E-state index in [1.54, 1.807) is 37.3 Å². The van der Waals surface area contributed by atoms with Gasteiger partial charge in [-0.05, 0) is 51.4 Å². The lowest BCUT2D eigenvalue weighted by molar-refractivity contribution is -0.140. The number of nitrogens with zero attached hydrogens (tertiary/aromatic N) is 3. The maximum absolute atomic E-state index is 13.0. The van der Waals surface area contributed by atoms with Crippen molar-refractivity contribution in [2.45, 2.75) is 13.0 Å². The molecule has 3 heterocycles. The molecule has 1 atom stereocenters. The van der Waals surface area contributed by atoms with Gasteiger partial charge in [0.2, 0.25) is 0 Å². The number of rotatable bonds is 5. The third kappa shape index (κ3) is 3.79. The molecule has 8 heteroatoms. The minimum atomic E-state index is -0.779. The van der Waals surface area contributed by atoms with E-state index in [1.807, 2.05) is 30.9 Å². The fourth-order valence-corrected chi connectivity index (χ4v) is 3.97. The van der Waals surface area contributed by atoms with Gasteiger partial charge in [-0.3, -0.25) is 9.59 Å². The van der Waals surface area contributed by atoms with Gasteiger partial charge >= 0.3 is 0 Å². The van der Waals surface area contributed by atoms with E-state index < -0.39 is 17.7 Å². The Hall–Kier alpha value is -3.26. The number of furan rings is 1. The minimum Gasteiger partial charge on any atom is -0.507 e. The molecule has 1 aromatic heterocycles. The smallest absolute Gasteiger partial charge is 0.295 e. The molecule has 1 aromatic carbocycles. The van der Waals surface area contributed by atoms with Gasteiger partial charge in [0.05, 0.1) is 17.8 Å². The van der Waals surface area contributed by atoms with Gasteiger partial charge in [-0.1, -0.05) is 0 Å². The Balaban J connectivity index is 1.82. The summed E-state index contributed by atoms with van der Waals surface area (Å²) < 4.78 is 11.5. The topological polar surface area (TPSA) is 86.5 Å². The number of likely N-dealkylation sites (tertiary alicyclic amines) is 1. The van der Waals surface area contributed by atoms with Gasteiger partial charge in [0.15, 0.2) is 0 Å². The number of hydrogen-bond donors (Lipinski definition) is 1. The third-order valence-electron chi connectivity index (χ3n) is 5.69. The van der Waals surface area contributed by atoms with Gasteiger partial charge in [0, 0.05) is 25.7 Å². The first-order chi connectivity index (χ1) is 14.8. The summed E-state index contributed by atoms with van der Waals surface area (Å²) >= 11 is 0. The number of aliphatic hydroxyl groups excluding tert-OH is 1. The van der Waals surface area contributed by atoms with Crippen LogP contribution < -0.4 is 9.64 Å². The Morgan fingerprint density at radius 1 is 1.23 bits per heavy atom. The second kappa shape index (κ2) is 8.11.